The van der Waals surface area contributed by atoms with Gasteiger partial charge in [-0.2, -0.15) is 4.40 Å². The predicted molar refractivity (Wildman–Crippen MR) is 75.7 cm³/mol. The van der Waals surface area contributed by atoms with Crippen molar-refractivity contribution in [2.24, 2.45) is 4.40 Å². The van der Waals surface area contributed by atoms with Crippen molar-refractivity contribution in [1.82, 2.24) is 0 Å². The highest BCUT2D eigenvalue weighted by Gasteiger charge is 2.18. The van der Waals surface area contributed by atoms with Gasteiger partial charge in [-0.25, -0.2) is 8.60 Å². The van der Waals surface area contributed by atoms with E-state index in [-0.39, 0.29) is 10.6 Å². The van der Waals surface area contributed by atoms with Gasteiger partial charge in [0.25, 0.3) is 0 Å². The lowest BCUT2D eigenvalue weighted by molar-refractivity contribution is 0.627. The van der Waals surface area contributed by atoms with E-state index >= 15 is 0 Å². The number of aryl methyl sites for hydroxylation is 1. The molecule has 0 aliphatic carbocycles. The average Bonchev–Trinajstić information content (AvgIpc) is 2.27. The molecule has 0 spiro atoms. The lowest BCUT2D eigenvalue weighted by Gasteiger charge is -2.14. The summed E-state index contributed by atoms with van der Waals surface area (Å²) in [6.45, 7) is 7.59. The van der Waals surface area contributed by atoms with E-state index in [4.69, 9.17) is 0 Å². The van der Waals surface area contributed by atoms with Gasteiger partial charge in [-0.15, -0.1) is 0 Å². The SMILES string of the molecule is C/C(CCc1ccc(F)cc1)=N\[S@](=O)C(C)(C)C. The van der Waals surface area contributed by atoms with Crippen LogP contribution in [0.4, 0.5) is 4.39 Å². The van der Waals surface area contributed by atoms with E-state index in [1.807, 2.05) is 27.7 Å². The smallest absolute Gasteiger partial charge is 0.144 e. The largest absolute Gasteiger partial charge is 0.234 e. The molecule has 18 heavy (non-hydrogen) atoms. The molecule has 0 aromatic heterocycles. The molecule has 0 saturated heterocycles. The van der Waals surface area contributed by atoms with Crippen LogP contribution in [-0.4, -0.2) is 14.7 Å². The third-order valence-electron chi connectivity index (χ3n) is 2.45. The van der Waals surface area contributed by atoms with Crippen LogP contribution < -0.4 is 0 Å². The quantitative estimate of drug-likeness (QED) is 0.767. The van der Waals surface area contributed by atoms with E-state index in [1.165, 1.54) is 12.1 Å². The number of halogens is 1. The van der Waals surface area contributed by atoms with Crippen LogP contribution in [0.25, 0.3) is 0 Å². The zero-order valence-electron chi connectivity index (χ0n) is 11.4. The first kappa shape index (κ1) is 15.0. The van der Waals surface area contributed by atoms with E-state index in [9.17, 15) is 8.60 Å². The molecule has 100 valence electrons. The van der Waals surface area contributed by atoms with Gasteiger partial charge in [0, 0.05) is 5.71 Å². The summed E-state index contributed by atoms with van der Waals surface area (Å²) in [5.74, 6) is -0.224. The van der Waals surface area contributed by atoms with Crippen molar-refractivity contribution < 1.29 is 8.60 Å². The maximum atomic E-state index is 12.7. The Hall–Kier alpha value is -1.03. The highest BCUT2D eigenvalue weighted by atomic mass is 32.2. The van der Waals surface area contributed by atoms with Gasteiger partial charge in [0.05, 0.1) is 4.75 Å². The number of rotatable bonds is 4. The zero-order chi connectivity index (χ0) is 13.8. The first-order chi connectivity index (χ1) is 8.29. The van der Waals surface area contributed by atoms with E-state index in [2.05, 4.69) is 4.40 Å². The maximum Gasteiger partial charge on any atom is 0.144 e. The fourth-order valence-corrected chi connectivity index (χ4v) is 1.95. The summed E-state index contributed by atoms with van der Waals surface area (Å²) in [7, 11) is -1.20. The van der Waals surface area contributed by atoms with E-state index in [0.717, 1.165) is 24.1 Å². The van der Waals surface area contributed by atoms with Gasteiger partial charge < -0.3 is 0 Å². The fourth-order valence-electron chi connectivity index (χ4n) is 1.30. The Kier molecular flexibility index (Phi) is 5.20. The van der Waals surface area contributed by atoms with Gasteiger partial charge in [0.15, 0.2) is 0 Å². The Bertz CT molecular complexity index is 446. The molecule has 2 nitrogen and oxygen atoms in total. The Balaban J connectivity index is 2.56. The van der Waals surface area contributed by atoms with E-state index in [0.29, 0.717) is 0 Å². The summed E-state index contributed by atoms with van der Waals surface area (Å²) in [6.07, 6.45) is 1.53. The number of hydrogen-bond acceptors (Lipinski definition) is 1. The first-order valence-corrected chi connectivity index (χ1v) is 7.10. The lowest BCUT2D eigenvalue weighted by Crippen LogP contribution is -2.20. The van der Waals surface area contributed by atoms with Crippen LogP contribution in [0.3, 0.4) is 0 Å². The monoisotopic (exact) mass is 269 g/mol. The normalized spacial score (nSPS) is 14.6. The van der Waals surface area contributed by atoms with Gasteiger partial charge in [-0.3, -0.25) is 0 Å². The minimum Gasteiger partial charge on any atom is -0.234 e. The minimum atomic E-state index is -1.20. The minimum absolute atomic E-state index is 0.224. The molecule has 0 radical (unpaired) electrons. The Morgan fingerprint density at radius 1 is 1.28 bits per heavy atom. The van der Waals surface area contributed by atoms with Crippen molar-refractivity contribution in [3.05, 3.63) is 35.6 Å². The molecule has 1 aromatic rings. The first-order valence-electron chi connectivity index (χ1n) is 5.99. The van der Waals surface area contributed by atoms with Gasteiger partial charge in [-0.1, -0.05) is 12.1 Å². The molecule has 1 aromatic carbocycles. The summed E-state index contributed by atoms with van der Waals surface area (Å²) in [5, 5.41) is 0. The standard InChI is InChI=1S/C14H20FNOS/c1-11(16-18(17)14(2,3)4)5-6-12-7-9-13(15)10-8-12/h7-10H,5-6H2,1-4H3/b16-11+/t18-/m1/s1. The number of benzene rings is 1. The van der Waals surface area contributed by atoms with Gasteiger partial charge in [0.2, 0.25) is 0 Å². The van der Waals surface area contributed by atoms with Crippen molar-refractivity contribution in [3.8, 4) is 0 Å². The second-order valence-corrected chi connectivity index (χ2v) is 7.22. The van der Waals surface area contributed by atoms with Crippen molar-refractivity contribution >= 4 is 16.7 Å². The third kappa shape index (κ3) is 5.08. The molecule has 0 unspecified atom stereocenters. The fraction of sp³-hybridized carbons (Fsp3) is 0.500. The summed E-state index contributed by atoms with van der Waals surface area (Å²) in [6, 6.07) is 6.44. The number of hydrogen-bond donors (Lipinski definition) is 0. The van der Waals surface area contributed by atoms with Crippen molar-refractivity contribution in [2.45, 2.75) is 45.3 Å². The third-order valence-corrected chi connectivity index (χ3v) is 3.98. The Morgan fingerprint density at radius 2 is 1.83 bits per heavy atom. The topological polar surface area (TPSA) is 29.4 Å². The van der Waals surface area contributed by atoms with Gasteiger partial charge in [0.1, 0.15) is 16.8 Å². The van der Waals surface area contributed by atoms with Crippen LogP contribution in [0, 0.1) is 5.82 Å². The zero-order valence-corrected chi connectivity index (χ0v) is 12.2. The van der Waals surface area contributed by atoms with Crippen LogP contribution in [0.5, 0.6) is 0 Å². The molecular formula is C14H20FNOS. The molecule has 0 aliphatic rings. The van der Waals surface area contributed by atoms with Crippen LogP contribution in [0.2, 0.25) is 0 Å². The summed E-state index contributed by atoms with van der Waals surface area (Å²) < 4.78 is 28.4. The maximum absolute atomic E-state index is 12.7. The van der Waals surface area contributed by atoms with E-state index < -0.39 is 11.0 Å². The second-order valence-electron chi connectivity index (χ2n) is 5.31. The van der Waals surface area contributed by atoms with Gasteiger partial charge >= 0.3 is 0 Å². The lowest BCUT2D eigenvalue weighted by atomic mass is 10.1. The van der Waals surface area contributed by atoms with Crippen molar-refractivity contribution in [2.75, 3.05) is 0 Å². The average molecular weight is 269 g/mol. The highest BCUT2D eigenvalue weighted by Crippen LogP contribution is 2.13. The molecule has 0 fully saturated rings. The Morgan fingerprint density at radius 3 is 2.33 bits per heavy atom. The second kappa shape index (κ2) is 6.23. The molecule has 1 atom stereocenters. The van der Waals surface area contributed by atoms with Crippen molar-refractivity contribution in [3.63, 3.8) is 0 Å². The molecule has 0 N–H and O–H groups in total. The molecule has 0 amide bonds. The van der Waals surface area contributed by atoms with Crippen LogP contribution in [0.15, 0.2) is 28.7 Å². The molecule has 4 heteroatoms. The predicted octanol–water partition coefficient (Wildman–Crippen LogP) is 3.68. The highest BCUT2D eigenvalue weighted by molar-refractivity contribution is 7.85. The molecule has 0 saturated carbocycles. The molecular weight excluding hydrogens is 249 g/mol. The van der Waals surface area contributed by atoms with Crippen LogP contribution in [0.1, 0.15) is 39.7 Å². The van der Waals surface area contributed by atoms with Gasteiger partial charge in [-0.05, 0) is 58.2 Å². The molecule has 0 aliphatic heterocycles. The summed E-state index contributed by atoms with van der Waals surface area (Å²) in [4.78, 5) is 0. The van der Waals surface area contributed by atoms with E-state index in [1.54, 1.807) is 12.1 Å². The van der Waals surface area contributed by atoms with Crippen molar-refractivity contribution in [1.29, 1.82) is 0 Å². The molecule has 0 bridgehead atoms. The Labute approximate surface area is 111 Å². The molecule has 1 rings (SSSR count). The molecule has 0 heterocycles. The summed E-state index contributed by atoms with van der Waals surface area (Å²) >= 11 is 0. The number of nitrogens with zero attached hydrogens (tertiary/aromatic N) is 1. The van der Waals surface area contributed by atoms with Crippen LogP contribution in [-0.2, 0) is 17.4 Å². The van der Waals surface area contributed by atoms with Crippen LogP contribution >= 0.6 is 0 Å². The summed E-state index contributed by atoms with van der Waals surface area (Å²) in [5.41, 5.74) is 1.93.